The van der Waals surface area contributed by atoms with E-state index in [2.05, 4.69) is 88.9 Å². The molecule has 0 radical (unpaired) electrons. The van der Waals surface area contributed by atoms with Crippen molar-refractivity contribution >= 4 is 21.6 Å². The number of anilines is 1. The third-order valence-electron chi connectivity index (χ3n) is 3.08. The number of hydrogen-bond acceptors (Lipinski definition) is 2. The summed E-state index contributed by atoms with van der Waals surface area (Å²) in [5.41, 5.74) is 3.74. The summed E-state index contributed by atoms with van der Waals surface area (Å²) < 4.78 is 1.11. The second-order valence-corrected chi connectivity index (χ2v) is 6.13. The van der Waals surface area contributed by atoms with E-state index < -0.39 is 0 Å². The first-order valence-corrected chi connectivity index (χ1v) is 7.73. The highest BCUT2D eigenvalue weighted by molar-refractivity contribution is 9.10. The average molecular weight is 333 g/mol. The summed E-state index contributed by atoms with van der Waals surface area (Å²) in [6, 6.07) is 17.5. The third kappa shape index (κ3) is 4.99. The molecule has 0 aliphatic rings. The Hall–Kier alpha value is -1.32. The first-order chi connectivity index (χ1) is 9.63. The zero-order valence-electron chi connectivity index (χ0n) is 12.0. The summed E-state index contributed by atoms with van der Waals surface area (Å²) in [5, 5.41) is 6.86. The Morgan fingerprint density at radius 1 is 0.850 bits per heavy atom. The van der Waals surface area contributed by atoms with Gasteiger partial charge >= 0.3 is 0 Å². The van der Waals surface area contributed by atoms with Crippen LogP contribution in [0.15, 0.2) is 53.0 Å². The number of hydrogen-bond donors (Lipinski definition) is 2. The van der Waals surface area contributed by atoms with Crippen molar-refractivity contribution < 1.29 is 0 Å². The van der Waals surface area contributed by atoms with Crippen molar-refractivity contribution in [2.45, 2.75) is 33.0 Å². The third-order valence-corrected chi connectivity index (χ3v) is 3.61. The van der Waals surface area contributed by atoms with E-state index in [1.54, 1.807) is 0 Å². The summed E-state index contributed by atoms with van der Waals surface area (Å²) in [6.45, 7) is 6.09. The van der Waals surface area contributed by atoms with Gasteiger partial charge in [-0.2, -0.15) is 0 Å². The van der Waals surface area contributed by atoms with Gasteiger partial charge < -0.3 is 10.6 Å². The lowest BCUT2D eigenvalue weighted by atomic mass is 10.2. The van der Waals surface area contributed by atoms with Crippen molar-refractivity contribution in [1.82, 2.24) is 5.32 Å². The Morgan fingerprint density at radius 2 is 1.40 bits per heavy atom. The van der Waals surface area contributed by atoms with Crippen molar-refractivity contribution in [3.63, 3.8) is 0 Å². The van der Waals surface area contributed by atoms with E-state index in [0.717, 1.165) is 23.2 Å². The fourth-order valence-corrected chi connectivity index (χ4v) is 2.13. The molecule has 20 heavy (non-hydrogen) atoms. The molecule has 0 unspecified atom stereocenters. The minimum atomic E-state index is 0.519. The molecule has 0 saturated carbocycles. The van der Waals surface area contributed by atoms with Gasteiger partial charge in [0.25, 0.3) is 0 Å². The largest absolute Gasteiger partial charge is 0.381 e. The molecule has 0 saturated heterocycles. The van der Waals surface area contributed by atoms with Gasteiger partial charge in [-0.25, -0.2) is 0 Å². The van der Waals surface area contributed by atoms with E-state index in [1.807, 2.05) is 0 Å². The van der Waals surface area contributed by atoms with Gasteiger partial charge in [0.1, 0.15) is 0 Å². The van der Waals surface area contributed by atoms with Crippen LogP contribution in [0.25, 0.3) is 0 Å². The summed E-state index contributed by atoms with van der Waals surface area (Å²) in [5.74, 6) is 0. The second-order valence-electron chi connectivity index (χ2n) is 5.21. The maximum Gasteiger partial charge on any atom is 0.0400 e. The molecule has 2 N–H and O–H groups in total. The minimum absolute atomic E-state index is 0.519. The molecule has 0 atom stereocenters. The van der Waals surface area contributed by atoms with Crippen LogP contribution in [0.3, 0.4) is 0 Å². The minimum Gasteiger partial charge on any atom is -0.381 e. The number of benzene rings is 2. The molecule has 0 fully saturated rings. The second kappa shape index (κ2) is 7.46. The Morgan fingerprint density at radius 3 is 2.00 bits per heavy atom. The molecule has 0 spiro atoms. The van der Waals surface area contributed by atoms with Gasteiger partial charge in [0.15, 0.2) is 0 Å². The van der Waals surface area contributed by atoms with Gasteiger partial charge in [-0.05, 0) is 35.4 Å². The Bertz CT molecular complexity index is 518. The van der Waals surface area contributed by atoms with Crippen LogP contribution in [-0.4, -0.2) is 6.04 Å². The van der Waals surface area contributed by atoms with Crippen molar-refractivity contribution in [3.8, 4) is 0 Å². The molecule has 3 heteroatoms. The molecule has 0 heterocycles. The average Bonchev–Trinajstić information content (AvgIpc) is 2.45. The smallest absolute Gasteiger partial charge is 0.0400 e. The van der Waals surface area contributed by atoms with E-state index >= 15 is 0 Å². The maximum atomic E-state index is 3.45. The van der Waals surface area contributed by atoms with Crippen LogP contribution in [-0.2, 0) is 13.1 Å². The Kier molecular flexibility index (Phi) is 5.62. The topological polar surface area (TPSA) is 24.1 Å². The molecule has 0 aliphatic heterocycles. The van der Waals surface area contributed by atoms with Gasteiger partial charge in [0.2, 0.25) is 0 Å². The molecule has 2 aromatic rings. The number of rotatable bonds is 6. The van der Waals surface area contributed by atoms with Gasteiger partial charge in [-0.15, -0.1) is 0 Å². The molecular weight excluding hydrogens is 312 g/mol. The maximum absolute atomic E-state index is 3.45. The monoisotopic (exact) mass is 332 g/mol. The molecule has 2 aromatic carbocycles. The quantitative estimate of drug-likeness (QED) is 0.810. The van der Waals surface area contributed by atoms with E-state index in [9.17, 15) is 0 Å². The predicted octanol–water partition coefficient (Wildman–Crippen LogP) is 4.56. The van der Waals surface area contributed by atoms with E-state index in [-0.39, 0.29) is 0 Å². The normalized spacial score (nSPS) is 10.8. The van der Waals surface area contributed by atoms with Crippen LogP contribution in [0.1, 0.15) is 25.0 Å². The first kappa shape index (κ1) is 15.1. The zero-order chi connectivity index (χ0) is 14.4. The van der Waals surface area contributed by atoms with Gasteiger partial charge in [-0.3, -0.25) is 0 Å². The van der Waals surface area contributed by atoms with Crippen molar-refractivity contribution in [1.29, 1.82) is 0 Å². The van der Waals surface area contributed by atoms with Crippen LogP contribution in [0.2, 0.25) is 0 Å². The lowest BCUT2D eigenvalue weighted by Gasteiger charge is -2.10. The van der Waals surface area contributed by atoms with Crippen LogP contribution < -0.4 is 10.6 Å². The van der Waals surface area contributed by atoms with Gasteiger partial charge in [0, 0.05) is 29.3 Å². The highest BCUT2D eigenvalue weighted by atomic mass is 79.9. The number of nitrogens with one attached hydrogen (secondary N) is 2. The zero-order valence-corrected chi connectivity index (χ0v) is 13.6. The highest BCUT2D eigenvalue weighted by Gasteiger charge is 1.97. The fourth-order valence-electron chi connectivity index (χ4n) is 1.87. The summed E-state index contributed by atoms with van der Waals surface area (Å²) in [6.07, 6.45) is 0. The van der Waals surface area contributed by atoms with Crippen LogP contribution >= 0.6 is 15.9 Å². The van der Waals surface area contributed by atoms with E-state index in [0.29, 0.717) is 6.04 Å². The van der Waals surface area contributed by atoms with Crippen molar-refractivity contribution in [2.75, 3.05) is 5.32 Å². The molecular formula is C17H21BrN2. The molecule has 0 bridgehead atoms. The first-order valence-electron chi connectivity index (χ1n) is 6.94. The van der Waals surface area contributed by atoms with Gasteiger partial charge in [0.05, 0.1) is 0 Å². The molecule has 106 valence electrons. The van der Waals surface area contributed by atoms with Crippen LogP contribution in [0.4, 0.5) is 5.69 Å². The van der Waals surface area contributed by atoms with Crippen LogP contribution in [0.5, 0.6) is 0 Å². The molecule has 2 rings (SSSR count). The van der Waals surface area contributed by atoms with Crippen LogP contribution in [0, 0.1) is 0 Å². The predicted molar refractivity (Wildman–Crippen MR) is 89.9 cm³/mol. The molecule has 0 aromatic heterocycles. The SMILES string of the molecule is CC(C)NCc1ccc(NCc2ccc(Br)cc2)cc1. The Balaban J connectivity index is 1.85. The van der Waals surface area contributed by atoms with Crippen molar-refractivity contribution in [3.05, 3.63) is 64.1 Å². The van der Waals surface area contributed by atoms with Gasteiger partial charge in [-0.1, -0.05) is 54.0 Å². The molecule has 2 nitrogen and oxygen atoms in total. The lowest BCUT2D eigenvalue weighted by Crippen LogP contribution is -2.21. The number of halogens is 1. The molecule has 0 aliphatic carbocycles. The van der Waals surface area contributed by atoms with E-state index in [4.69, 9.17) is 0 Å². The summed E-state index contributed by atoms with van der Waals surface area (Å²) in [7, 11) is 0. The standard InChI is InChI=1S/C17H21BrN2/c1-13(2)19-11-15-5-9-17(10-6-15)20-12-14-3-7-16(18)8-4-14/h3-10,13,19-20H,11-12H2,1-2H3. The summed E-state index contributed by atoms with van der Waals surface area (Å²) >= 11 is 3.45. The van der Waals surface area contributed by atoms with E-state index in [1.165, 1.54) is 11.1 Å². The highest BCUT2D eigenvalue weighted by Crippen LogP contribution is 2.14. The lowest BCUT2D eigenvalue weighted by molar-refractivity contribution is 0.589. The van der Waals surface area contributed by atoms with Crippen molar-refractivity contribution in [2.24, 2.45) is 0 Å². The fraction of sp³-hybridized carbons (Fsp3) is 0.294. The Labute approximate surface area is 129 Å². The molecule has 0 amide bonds. The summed E-state index contributed by atoms with van der Waals surface area (Å²) in [4.78, 5) is 0.